The van der Waals surface area contributed by atoms with Gasteiger partial charge in [0, 0.05) is 69.6 Å². The zero-order valence-electron chi connectivity index (χ0n) is 21.0. The third-order valence-corrected chi connectivity index (χ3v) is 7.49. The molecule has 1 saturated heterocycles. The molecule has 34 heavy (non-hydrogen) atoms. The van der Waals surface area contributed by atoms with E-state index in [9.17, 15) is 9.59 Å². The van der Waals surface area contributed by atoms with Gasteiger partial charge < -0.3 is 19.1 Å². The first-order chi connectivity index (χ1) is 16.5. The fourth-order valence-corrected chi connectivity index (χ4v) is 5.52. The Hall–Kier alpha value is -2.60. The zero-order valence-corrected chi connectivity index (χ0v) is 21.0. The van der Waals surface area contributed by atoms with Crippen LogP contribution in [-0.4, -0.2) is 55.3 Å². The molecule has 2 aliphatic rings. The normalized spacial score (nSPS) is 16.9. The average molecular weight is 466 g/mol. The molecule has 0 bridgehead atoms. The van der Waals surface area contributed by atoms with Crippen molar-refractivity contribution in [2.45, 2.75) is 58.9 Å². The van der Waals surface area contributed by atoms with Gasteiger partial charge in [-0.3, -0.25) is 9.59 Å². The molecule has 1 aromatic carbocycles. The number of pyridine rings is 1. The molecule has 1 aliphatic carbocycles. The highest BCUT2D eigenvalue weighted by Crippen LogP contribution is 2.29. The van der Waals surface area contributed by atoms with Crippen LogP contribution in [0.25, 0.3) is 0 Å². The topological polar surface area (TPSA) is 54.8 Å². The van der Waals surface area contributed by atoms with Crippen LogP contribution < -0.4 is 10.3 Å². The minimum absolute atomic E-state index is 0.0953. The third kappa shape index (κ3) is 5.54. The first-order valence-electron chi connectivity index (χ1n) is 12.8. The van der Waals surface area contributed by atoms with Crippen LogP contribution in [0.1, 0.15) is 59.4 Å². The summed E-state index contributed by atoms with van der Waals surface area (Å²) in [6, 6.07) is 10.2. The Kier molecular flexibility index (Phi) is 8.09. The van der Waals surface area contributed by atoms with Gasteiger partial charge in [0.1, 0.15) is 5.56 Å². The number of rotatable bonds is 8. The Bertz CT molecular complexity index is 1030. The van der Waals surface area contributed by atoms with Gasteiger partial charge in [-0.25, -0.2) is 0 Å². The molecule has 1 aliphatic heterocycles. The van der Waals surface area contributed by atoms with Crippen molar-refractivity contribution in [3.05, 3.63) is 63.1 Å². The molecule has 2 aromatic rings. The fraction of sp³-hybridized carbons (Fsp3) is 0.571. The Labute approximate surface area is 203 Å². The lowest BCUT2D eigenvalue weighted by atomic mass is 9.96. The van der Waals surface area contributed by atoms with E-state index in [1.165, 1.54) is 36.9 Å². The van der Waals surface area contributed by atoms with Crippen molar-refractivity contribution >= 4 is 11.6 Å². The van der Waals surface area contributed by atoms with Gasteiger partial charge in [-0.1, -0.05) is 43.4 Å². The molecule has 1 saturated carbocycles. The molecule has 6 nitrogen and oxygen atoms in total. The quantitative estimate of drug-likeness (QED) is 0.549. The molecule has 4 rings (SSSR count). The van der Waals surface area contributed by atoms with Crippen LogP contribution >= 0.6 is 0 Å². The molecular weight excluding hydrogens is 426 g/mol. The lowest BCUT2D eigenvalue weighted by molar-refractivity contribution is 0.0742. The number of hydrogen-bond acceptors (Lipinski definition) is 4. The van der Waals surface area contributed by atoms with Gasteiger partial charge in [-0.2, -0.15) is 0 Å². The third-order valence-electron chi connectivity index (χ3n) is 7.49. The number of carbonyl (C=O) groups is 1. The Morgan fingerprint density at radius 1 is 1.03 bits per heavy atom. The number of anilines is 1. The summed E-state index contributed by atoms with van der Waals surface area (Å²) in [6.45, 7) is 8.33. The molecule has 6 heteroatoms. The summed E-state index contributed by atoms with van der Waals surface area (Å²) in [5.41, 5.74) is 4.59. The second kappa shape index (κ2) is 11.2. The average Bonchev–Trinajstić information content (AvgIpc) is 3.34. The molecule has 2 heterocycles. The van der Waals surface area contributed by atoms with E-state index in [1.54, 1.807) is 13.2 Å². The van der Waals surface area contributed by atoms with E-state index in [4.69, 9.17) is 4.74 Å². The number of methoxy groups -OCH3 is 1. The molecule has 184 valence electrons. The number of hydrogen-bond donors (Lipinski definition) is 0. The van der Waals surface area contributed by atoms with E-state index in [1.807, 2.05) is 11.8 Å². The van der Waals surface area contributed by atoms with Gasteiger partial charge in [0.25, 0.3) is 5.91 Å². The van der Waals surface area contributed by atoms with Crippen LogP contribution in [0.15, 0.2) is 35.1 Å². The smallest absolute Gasteiger partial charge is 0.259 e. The maximum Gasteiger partial charge on any atom is 0.259 e. The molecule has 1 aromatic heterocycles. The highest BCUT2D eigenvalue weighted by molar-refractivity contribution is 5.95. The van der Waals surface area contributed by atoms with Crippen LogP contribution in [0, 0.1) is 19.8 Å². The standard InChI is InChI=1S/C28H39N3O3/c1-21-9-11-24(12-10-21)29-14-16-30(17-15-29)28(33)27-25(20-23-7-4-5-8-23)31(13-6-18-34-3)22(2)19-26(27)32/h9-12,19,23H,4-8,13-18,20H2,1-3H3. The fourth-order valence-electron chi connectivity index (χ4n) is 5.52. The van der Waals surface area contributed by atoms with Crippen molar-refractivity contribution in [3.63, 3.8) is 0 Å². The van der Waals surface area contributed by atoms with Crippen molar-refractivity contribution < 1.29 is 9.53 Å². The lowest BCUT2D eigenvalue weighted by Crippen LogP contribution is -2.50. The van der Waals surface area contributed by atoms with Crippen molar-refractivity contribution in [3.8, 4) is 0 Å². The van der Waals surface area contributed by atoms with Crippen LogP contribution in [0.3, 0.4) is 0 Å². The van der Waals surface area contributed by atoms with Crippen LogP contribution in [0.5, 0.6) is 0 Å². The van der Waals surface area contributed by atoms with Gasteiger partial charge >= 0.3 is 0 Å². The first kappa shape index (κ1) is 24.5. The Morgan fingerprint density at radius 3 is 2.35 bits per heavy atom. The van der Waals surface area contributed by atoms with E-state index in [0.717, 1.165) is 43.9 Å². The number of aromatic nitrogens is 1. The number of amides is 1. The van der Waals surface area contributed by atoms with Gasteiger partial charge in [0.2, 0.25) is 0 Å². The van der Waals surface area contributed by atoms with Gasteiger partial charge in [-0.05, 0) is 44.7 Å². The summed E-state index contributed by atoms with van der Waals surface area (Å²) in [6.07, 6.45) is 6.53. The molecule has 2 fully saturated rings. The molecule has 0 N–H and O–H groups in total. The van der Waals surface area contributed by atoms with Crippen molar-refractivity contribution in [2.24, 2.45) is 5.92 Å². The molecule has 1 amide bonds. The van der Waals surface area contributed by atoms with Gasteiger partial charge in [0.05, 0.1) is 0 Å². The van der Waals surface area contributed by atoms with E-state index >= 15 is 0 Å². The van der Waals surface area contributed by atoms with E-state index in [-0.39, 0.29) is 11.3 Å². The SMILES string of the molecule is COCCCn1c(C)cc(=O)c(C(=O)N2CCN(c3ccc(C)cc3)CC2)c1CC1CCCC1. The van der Waals surface area contributed by atoms with E-state index in [0.29, 0.717) is 31.2 Å². The lowest BCUT2D eigenvalue weighted by Gasteiger charge is -2.36. The van der Waals surface area contributed by atoms with Gasteiger partial charge in [-0.15, -0.1) is 0 Å². The zero-order chi connectivity index (χ0) is 24.1. The number of ether oxygens (including phenoxy) is 1. The van der Waals surface area contributed by atoms with Crippen LogP contribution in [0.4, 0.5) is 5.69 Å². The summed E-state index contributed by atoms with van der Waals surface area (Å²) >= 11 is 0. The summed E-state index contributed by atoms with van der Waals surface area (Å²) in [5, 5.41) is 0. The van der Waals surface area contributed by atoms with Crippen LogP contribution in [0.2, 0.25) is 0 Å². The minimum Gasteiger partial charge on any atom is -0.385 e. The maximum atomic E-state index is 13.8. The van der Waals surface area contributed by atoms with Crippen molar-refractivity contribution in [1.82, 2.24) is 9.47 Å². The number of aryl methyl sites for hydroxylation is 2. The summed E-state index contributed by atoms with van der Waals surface area (Å²) in [7, 11) is 1.71. The second-order valence-electron chi connectivity index (χ2n) is 9.94. The van der Waals surface area contributed by atoms with Gasteiger partial charge in [0.15, 0.2) is 5.43 Å². The number of carbonyl (C=O) groups excluding carboxylic acids is 1. The summed E-state index contributed by atoms with van der Waals surface area (Å²) in [5.74, 6) is 0.460. The predicted octanol–water partition coefficient (Wildman–Crippen LogP) is 4.20. The van der Waals surface area contributed by atoms with Crippen molar-refractivity contribution in [2.75, 3.05) is 44.8 Å². The minimum atomic E-state index is -0.126. The summed E-state index contributed by atoms with van der Waals surface area (Å²) in [4.78, 5) is 31.2. The molecule has 0 spiro atoms. The molecular formula is C28H39N3O3. The predicted molar refractivity (Wildman–Crippen MR) is 137 cm³/mol. The highest BCUT2D eigenvalue weighted by Gasteiger charge is 2.29. The Balaban J connectivity index is 1.57. The van der Waals surface area contributed by atoms with E-state index in [2.05, 4.69) is 40.7 Å². The number of nitrogens with zero attached hydrogens (tertiary/aromatic N) is 3. The molecule has 0 radical (unpaired) electrons. The monoisotopic (exact) mass is 465 g/mol. The molecule has 0 atom stereocenters. The largest absolute Gasteiger partial charge is 0.385 e. The highest BCUT2D eigenvalue weighted by atomic mass is 16.5. The number of piperazine rings is 1. The summed E-state index contributed by atoms with van der Waals surface area (Å²) < 4.78 is 7.49. The van der Waals surface area contributed by atoms with E-state index < -0.39 is 0 Å². The second-order valence-corrected chi connectivity index (χ2v) is 9.94. The first-order valence-corrected chi connectivity index (χ1v) is 12.8. The maximum absolute atomic E-state index is 13.8. The number of benzene rings is 1. The van der Waals surface area contributed by atoms with Crippen molar-refractivity contribution in [1.29, 1.82) is 0 Å². The Morgan fingerprint density at radius 2 is 1.71 bits per heavy atom. The molecule has 0 unspecified atom stereocenters. The van der Waals surface area contributed by atoms with Crippen LogP contribution in [-0.2, 0) is 17.7 Å².